The summed E-state index contributed by atoms with van der Waals surface area (Å²) in [6.07, 6.45) is 3.84. The second-order valence-electron chi connectivity index (χ2n) is 6.19. The van der Waals surface area contributed by atoms with E-state index in [0.29, 0.717) is 5.92 Å². The summed E-state index contributed by atoms with van der Waals surface area (Å²) in [5, 5.41) is 7.31. The van der Waals surface area contributed by atoms with Crippen LogP contribution in [0.25, 0.3) is 0 Å². The summed E-state index contributed by atoms with van der Waals surface area (Å²) in [7, 11) is 2.03. The molecule has 2 rings (SSSR count). The molecule has 1 saturated heterocycles. The van der Waals surface area contributed by atoms with E-state index in [0.717, 1.165) is 37.3 Å². The molecule has 1 aromatic heterocycles. The number of nitrogens with one attached hydrogen (secondary N) is 1. The maximum Gasteiger partial charge on any atom is 0.243 e. The summed E-state index contributed by atoms with van der Waals surface area (Å²) < 4.78 is 5.42. The molecule has 0 bridgehead atoms. The molecule has 1 atom stereocenters. The molecule has 0 spiro atoms. The smallest absolute Gasteiger partial charge is 0.243 e. The number of nitrogens with zero attached hydrogens (tertiary/aromatic N) is 3. The molecule has 1 fully saturated rings. The Hall–Kier alpha value is -0.650. The van der Waals surface area contributed by atoms with Crippen LogP contribution >= 0.6 is 12.4 Å². The number of piperidine rings is 1. The lowest BCUT2D eigenvalue weighted by atomic mass is 9.93. The molecule has 5 nitrogen and oxygen atoms in total. The van der Waals surface area contributed by atoms with Crippen LogP contribution in [-0.2, 0) is 0 Å². The highest BCUT2D eigenvalue weighted by molar-refractivity contribution is 5.85. The normalized spacial score (nSPS) is 18.7. The van der Waals surface area contributed by atoms with Crippen LogP contribution in [0.1, 0.15) is 63.7 Å². The molecule has 122 valence electrons. The predicted molar refractivity (Wildman–Crippen MR) is 86.9 cm³/mol. The maximum atomic E-state index is 5.42. The van der Waals surface area contributed by atoms with Gasteiger partial charge in [0.25, 0.3) is 0 Å². The van der Waals surface area contributed by atoms with E-state index in [2.05, 4.69) is 41.1 Å². The van der Waals surface area contributed by atoms with Gasteiger partial charge in [0.1, 0.15) is 0 Å². The van der Waals surface area contributed by atoms with Crippen molar-refractivity contribution in [3.63, 3.8) is 0 Å². The Morgan fingerprint density at radius 3 is 2.48 bits per heavy atom. The standard InChI is InChI=1S/C15H28N4O.ClH/c1-11(2)14-17-15(20-18-14)12(3)19-9-6-13(7-10-19)5-8-16-4;/h11-13,16H,5-10H2,1-4H3;1H. The Morgan fingerprint density at radius 1 is 1.29 bits per heavy atom. The van der Waals surface area contributed by atoms with Crippen molar-refractivity contribution in [2.24, 2.45) is 5.92 Å². The number of halogens is 1. The number of hydrogen-bond donors (Lipinski definition) is 1. The lowest BCUT2D eigenvalue weighted by Crippen LogP contribution is -2.36. The van der Waals surface area contributed by atoms with E-state index in [-0.39, 0.29) is 18.4 Å². The van der Waals surface area contributed by atoms with Gasteiger partial charge in [0.2, 0.25) is 5.89 Å². The van der Waals surface area contributed by atoms with Crippen LogP contribution in [0.5, 0.6) is 0 Å². The summed E-state index contributed by atoms with van der Waals surface area (Å²) in [5.41, 5.74) is 0. The van der Waals surface area contributed by atoms with Gasteiger partial charge in [0.05, 0.1) is 6.04 Å². The molecule has 0 radical (unpaired) electrons. The Kier molecular flexibility index (Phi) is 7.63. The average molecular weight is 317 g/mol. The SMILES string of the molecule is CNCCC1CCN(C(C)c2nc(C(C)C)no2)CC1.Cl. The molecule has 0 aromatic carbocycles. The highest BCUT2D eigenvalue weighted by Gasteiger charge is 2.26. The van der Waals surface area contributed by atoms with Crippen molar-refractivity contribution in [1.29, 1.82) is 0 Å². The monoisotopic (exact) mass is 316 g/mol. The first kappa shape index (κ1) is 18.4. The van der Waals surface area contributed by atoms with Gasteiger partial charge in [-0.05, 0) is 58.8 Å². The predicted octanol–water partition coefficient (Wildman–Crippen LogP) is 3.00. The molecule has 1 N–H and O–H groups in total. The fourth-order valence-electron chi connectivity index (χ4n) is 2.79. The molecular weight excluding hydrogens is 288 g/mol. The average Bonchev–Trinajstić information content (AvgIpc) is 2.95. The zero-order valence-corrected chi connectivity index (χ0v) is 14.4. The third-order valence-electron chi connectivity index (χ3n) is 4.33. The molecule has 0 amide bonds. The topological polar surface area (TPSA) is 54.2 Å². The van der Waals surface area contributed by atoms with E-state index in [4.69, 9.17) is 4.52 Å². The molecule has 0 aliphatic carbocycles. The Labute approximate surface area is 134 Å². The van der Waals surface area contributed by atoms with Crippen LogP contribution in [0.2, 0.25) is 0 Å². The summed E-state index contributed by atoms with van der Waals surface area (Å²) >= 11 is 0. The van der Waals surface area contributed by atoms with Gasteiger partial charge in [-0.15, -0.1) is 12.4 Å². The molecule has 1 unspecified atom stereocenters. The zero-order valence-electron chi connectivity index (χ0n) is 13.6. The van der Waals surface area contributed by atoms with Gasteiger partial charge < -0.3 is 9.84 Å². The van der Waals surface area contributed by atoms with Gasteiger partial charge in [0, 0.05) is 5.92 Å². The van der Waals surface area contributed by atoms with E-state index in [1.807, 2.05) is 7.05 Å². The first-order valence-electron chi connectivity index (χ1n) is 7.84. The van der Waals surface area contributed by atoms with E-state index >= 15 is 0 Å². The number of likely N-dealkylation sites (tertiary alicyclic amines) is 1. The largest absolute Gasteiger partial charge is 0.338 e. The van der Waals surface area contributed by atoms with Crippen molar-refractivity contribution >= 4 is 12.4 Å². The van der Waals surface area contributed by atoms with Crippen molar-refractivity contribution in [2.45, 2.75) is 52.0 Å². The van der Waals surface area contributed by atoms with E-state index in [1.54, 1.807) is 0 Å². The van der Waals surface area contributed by atoms with Gasteiger partial charge in [-0.25, -0.2) is 0 Å². The molecule has 21 heavy (non-hydrogen) atoms. The minimum Gasteiger partial charge on any atom is -0.338 e. The van der Waals surface area contributed by atoms with Crippen molar-refractivity contribution in [3.05, 3.63) is 11.7 Å². The highest BCUT2D eigenvalue weighted by atomic mass is 35.5. The molecule has 1 aliphatic heterocycles. The summed E-state index contributed by atoms with van der Waals surface area (Å²) in [4.78, 5) is 6.99. The number of aromatic nitrogens is 2. The fraction of sp³-hybridized carbons (Fsp3) is 0.867. The van der Waals surface area contributed by atoms with Crippen LogP contribution in [0.3, 0.4) is 0 Å². The fourth-order valence-corrected chi connectivity index (χ4v) is 2.79. The minimum atomic E-state index is 0. The van der Waals surface area contributed by atoms with Crippen LogP contribution in [0.15, 0.2) is 4.52 Å². The highest BCUT2D eigenvalue weighted by Crippen LogP contribution is 2.27. The maximum absolute atomic E-state index is 5.42. The zero-order chi connectivity index (χ0) is 14.5. The third-order valence-corrected chi connectivity index (χ3v) is 4.33. The molecular formula is C15H29ClN4O. The van der Waals surface area contributed by atoms with Crippen LogP contribution in [0, 0.1) is 5.92 Å². The molecule has 1 aliphatic rings. The minimum absolute atomic E-state index is 0. The number of rotatable bonds is 6. The third kappa shape index (κ3) is 4.94. The molecule has 0 saturated carbocycles. The Balaban J connectivity index is 0.00000220. The van der Waals surface area contributed by atoms with Gasteiger partial charge in [-0.2, -0.15) is 4.98 Å². The van der Waals surface area contributed by atoms with Crippen molar-refractivity contribution < 1.29 is 4.52 Å². The van der Waals surface area contributed by atoms with Crippen LogP contribution < -0.4 is 5.32 Å². The van der Waals surface area contributed by atoms with Gasteiger partial charge >= 0.3 is 0 Å². The van der Waals surface area contributed by atoms with E-state index in [1.165, 1.54) is 19.3 Å². The van der Waals surface area contributed by atoms with Gasteiger partial charge in [-0.1, -0.05) is 19.0 Å². The van der Waals surface area contributed by atoms with Crippen molar-refractivity contribution in [2.75, 3.05) is 26.7 Å². The second kappa shape index (κ2) is 8.71. The summed E-state index contributed by atoms with van der Waals surface area (Å²) in [5.74, 6) is 2.77. The van der Waals surface area contributed by atoms with Crippen LogP contribution in [0.4, 0.5) is 0 Å². The Morgan fingerprint density at radius 2 is 1.95 bits per heavy atom. The summed E-state index contributed by atoms with van der Waals surface area (Å²) in [6, 6.07) is 0.236. The summed E-state index contributed by atoms with van der Waals surface area (Å²) in [6.45, 7) is 9.75. The van der Waals surface area contributed by atoms with E-state index < -0.39 is 0 Å². The molecule has 2 heterocycles. The van der Waals surface area contributed by atoms with Crippen LogP contribution in [-0.4, -0.2) is 41.7 Å². The van der Waals surface area contributed by atoms with E-state index in [9.17, 15) is 0 Å². The first-order chi connectivity index (χ1) is 9.61. The second-order valence-corrected chi connectivity index (χ2v) is 6.19. The molecule has 6 heteroatoms. The Bertz CT molecular complexity index is 402. The van der Waals surface area contributed by atoms with Gasteiger partial charge in [0.15, 0.2) is 5.82 Å². The quantitative estimate of drug-likeness (QED) is 0.874. The van der Waals surface area contributed by atoms with Gasteiger partial charge in [-0.3, -0.25) is 4.90 Å². The van der Waals surface area contributed by atoms with Crippen molar-refractivity contribution in [3.8, 4) is 0 Å². The van der Waals surface area contributed by atoms with Crippen molar-refractivity contribution in [1.82, 2.24) is 20.4 Å². The lowest BCUT2D eigenvalue weighted by Gasteiger charge is -2.34. The lowest BCUT2D eigenvalue weighted by molar-refractivity contribution is 0.117. The number of hydrogen-bond acceptors (Lipinski definition) is 5. The molecule has 1 aromatic rings. The first-order valence-corrected chi connectivity index (χ1v) is 7.84.